The number of benzene rings is 4. The van der Waals surface area contributed by atoms with Crippen LogP contribution in [0.15, 0.2) is 84.9 Å². The number of aromatic carboxylic acids is 1. The molecule has 1 heterocycles. The zero-order chi connectivity index (χ0) is 29.7. The van der Waals surface area contributed by atoms with Crippen molar-refractivity contribution in [3.63, 3.8) is 0 Å². The Hall–Kier alpha value is -4.01. The zero-order valence-electron chi connectivity index (χ0n) is 21.5. The largest absolute Gasteiger partial charge is 0.699 e. The van der Waals surface area contributed by atoms with Crippen LogP contribution >= 0.6 is 23.2 Å². The first-order chi connectivity index (χ1) is 19.4. The Balaban J connectivity index is 0.000000191. The van der Waals surface area contributed by atoms with Crippen molar-refractivity contribution in [3.8, 4) is 11.1 Å². The van der Waals surface area contributed by atoms with E-state index in [2.05, 4.69) is 0 Å². The highest BCUT2D eigenvalue weighted by atomic mass is 35.5. The Kier molecular flexibility index (Phi) is 9.25. The van der Waals surface area contributed by atoms with Gasteiger partial charge in [0.05, 0.1) is 17.5 Å². The molecule has 10 heteroatoms. The molecule has 5 nitrogen and oxygen atoms in total. The van der Waals surface area contributed by atoms with Crippen LogP contribution in [0, 0.1) is 0 Å². The highest BCUT2D eigenvalue weighted by Crippen LogP contribution is 2.33. The molecule has 0 fully saturated rings. The van der Waals surface area contributed by atoms with E-state index < -0.39 is 17.7 Å². The van der Waals surface area contributed by atoms with Crippen LogP contribution in [-0.4, -0.2) is 28.4 Å². The summed E-state index contributed by atoms with van der Waals surface area (Å²) < 4.78 is 37.7. The fraction of sp³-hybridized carbons (Fsp3) is 0.161. The number of nitrogens with zero attached hydrogens (tertiary/aromatic N) is 1. The molecular formula is C31H24Cl2F3N2O3-. The molecule has 4 aromatic carbocycles. The van der Waals surface area contributed by atoms with Crippen molar-refractivity contribution in [2.45, 2.75) is 25.6 Å². The van der Waals surface area contributed by atoms with Crippen LogP contribution in [0.3, 0.4) is 0 Å². The van der Waals surface area contributed by atoms with E-state index in [1.54, 1.807) is 54.6 Å². The summed E-state index contributed by atoms with van der Waals surface area (Å²) in [5.74, 6) is -1.32. The van der Waals surface area contributed by atoms with Crippen molar-refractivity contribution >= 4 is 40.8 Å². The monoisotopic (exact) mass is 599 g/mol. The fourth-order valence-corrected chi connectivity index (χ4v) is 4.95. The molecule has 0 saturated heterocycles. The van der Waals surface area contributed by atoms with Gasteiger partial charge < -0.3 is 15.7 Å². The molecule has 0 bridgehead atoms. The van der Waals surface area contributed by atoms with Crippen molar-refractivity contribution in [1.82, 2.24) is 4.90 Å². The summed E-state index contributed by atoms with van der Waals surface area (Å²) in [5, 5.41) is 10.1. The summed E-state index contributed by atoms with van der Waals surface area (Å²) in [6, 6.07) is 21.9. The highest BCUT2D eigenvalue weighted by Gasteiger charge is 2.32. The number of carboxylic acid groups (broad SMARTS) is 1. The quantitative estimate of drug-likeness (QED) is 0.254. The molecule has 0 saturated carbocycles. The third-order valence-electron chi connectivity index (χ3n) is 6.59. The van der Waals surface area contributed by atoms with Gasteiger partial charge in [-0.25, -0.2) is 4.79 Å². The standard InChI is InChI=1S/C17H15Cl2N2O.C14H9F3O2/c18-14-3-1-12(16(19)9-14)8-17(22)21-6-5-11-7-15(20)4-2-13(11)10-21;15-14(16,17)10-6-7-11(12(8-10)13(18)19)9-4-2-1-3-5-9/h1-4,7,9,20H,5-6,8,10H2;1-8H,(H,18,19)/q-1;. The molecule has 0 unspecified atom stereocenters. The van der Waals surface area contributed by atoms with Crippen LogP contribution < -0.4 is 0 Å². The lowest BCUT2D eigenvalue weighted by atomic mass is 9.97. The maximum Gasteiger partial charge on any atom is 0.416 e. The van der Waals surface area contributed by atoms with E-state index in [4.69, 9.17) is 34.0 Å². The van der Waals surface area contributed by atoms with Gasteiger partial charge in [0.25, 0.3) is 0 Å². The Morgan fingerprint density at radius 1 is 0.902 bits per heavy atom. The van der Waals surface area contributed by atoms with Gasteiger partial charge in [0.1, 0.15) is 0 Å². The number of carbonyl (C=O) groups is 2. The average Bonchev–Trinajstić information content (AvgIpc) is 2.94. The second-order valence-corrected chi connectivity index (χ2v) is 10.2. The van der Waals surface area contributed by atoms with Crippen molar-refractivity contribution in [1.29, 1.82) is 0 Å². The van der Waals surface area contributed by atoms with Crippen LogP contribution in [0.1, 0.15) is 32.6 Å². The molecule has 0 radical (unpaired) electrons. The molecule has 0 aromatic heterocycles. The summed E-state index contributed by atoms with van der Waals surface area (Å²) in [5.41, 5.74) is 10.8. The van der Waals surface area contributed by atoms with Crippen molar-refractivity contribution in [2.24, 2.45) is 0 Å². The van der Waals surface area contributed by atoms with Gasteiger partial charge in [-0.05, 0) is 58.5 Å². The number of alkyl halides is 3. The fourth-order valence-electron chi connectivity index (χ4n) is 4.47. The molecule has 4 aromatic rings. The number of carbonyl (C=O) groups excluding carboxylic acids is 1. The maximum absolute atomic E-state index is 12.6. The Labute approximate surface area is 244 Å². The van der Waals surface area contributed by atoms with E-state index in [0.717, 1.165) is 23.6 Å². The van der Waals surface area contributed by atoms with Gasteiger partial charge in [-0.2, -0.15) is 13.2 Å². The van der Waals surface area contributed by atoms with Gasteiger partial charge in [-0.15, -0.1) is 5.69 Å². The summed E-state index contributed by atoms with van der Waals surface area (Å²) >= 11 is 12.0. The third-order valence-corrected chi connectivity index (χ3v) is 7.18. The van der Waals surface area contributed by atoms with Crippen LogP contribution in [-0.2, 0) is 30.4 Å². The molecule has 212 valence electrons. The molecular weight excluding hydrogens is 576 g/mol. The molecule has 2 N–H and O–H groups in total. The lowest BCUT2D eigenvalue weighted by molar-refractivity contribution is -0.137. The second kappa shape index (κ2) is 12.7. The van der Waals surface area contributed by atoms with Crippen molar-refractivity contribution in [2.75, 3.05) is 6.54 Å². The van der Waals surface area contributed by atoms with E-state index in [1.165, 1.54) is 11.6 Å². The maximum atomic E-state index is 12.6. The van der Waals surface area contributed by atoms with Gasteiger partial charge in [-0.3, -0.25) is 4.79 Å². The second-order valence-electron chi connectivity index (χ2n) is 9.39. The molecule has 1 aliphatic heterocycles. The Morgan fingerprint density at radius 3 is 2.29 bits per heavy atom. The molecule has 41 heavy (non-hydrogen) atoms. The number of halogens is 5. The van der Waals surface area contributed by atoms with Gasteiger partial charge in [0.2, 0.25) is 5.91 Å². The predicted octanol–water partition coefficient (Wildman–Crippen LogP) is 8.88. The predicted molar refractivity (Wildman–Crippen MR) is 154 cm³/mol. The minimum atomic E-state index is -4.56. The van der Waals surface area contributed by atoms with E-state index >= 15 is 0 Å². The molecule has 5 rings (SSSR count). The SMILES string of the molecule is O=C(O)c1cc(C(F)(F)F)ccc1-c1ccccc1.[NH-]c1ccc2c(c1)CCN(C(=O)Cc1ccc(Cl)cc1Cl)C2. The molecule has 0 aliphatic carbocycles. The van der Waals surface area contributed by atoms with E-state index in [9.17, 15) is 22.8 Å². The van der Waals surface area contributed by atoms with Gasteiger partial charge >= 0.3 is 12.1 Å². The topological polar surface area (TPSA) is 81.4 Å². The average molecular weight is 600 g/mol. The van der Waals surface area contributed by atoms with Crippen LogP contribution in [0.4, 0.5) is 18.9 Å². The third kappa shape index (κ3) is 7.60. The summed E-state index contributed by atoms with van der Waals surface area (Å²) in [6.45, 7) is 1.28. The number of hydrogen-bond acceptors (Lipinski definition) is 2. The normalized spacial score (nSPS) is 12.7. The van der Waals surface area contributed by atoms with Crippen LogP contribution in [0.2, 0.25) is 10.0 Å². The number of carboxylic acids is 1. The summed E-state index contributed by atoms with van der Waals surface area (Å²) in [7, 11) is 0. The van der Waals surface area contributed by atoms with Gasteiger partial charge in [-0.1, -0.05) is 83.9 Å². The van der Waals surface area contributed by atoms with Gasteiger partial charge in [0, 0.05) is 23.1 Å². The van der Waals surface area contributed by atoms with Crippen LogP contribution in [0.5, 0.6) is 0 Å². The minimum absolute atomic E-state index is 0.0600. The summed E-state index contributed by atoms with van der Waals surface area (Å²) in [6.07, 6.45) is -3.48. The first-order valence-corrected chi connectivity index (χ1v) is 13.2. The minimum Gasteiger partial charge on any atom is -0.699 e. The van der Waals surface area contributed by atoms with Crippen LogP contribution in [0.25, 0.3) is 16.9 Å². The number of hydrogen-bond donors (Lipinski definition) is 1. The Morgan fingerprint density at radius 2 is 1.63 bits per heavy atom. The smallest absolute Gasteiger partial charge is 0.416 e. The van der Waals surface area contributed by atoms with Crippen molar-refractivity contribution < 1.29 is 27.9 Å². The molecule has 1 aliphatic rings. The molecule has 0 spiro atoms. The lowest BCUT2D eigenvalue weighted by Gasteiger charge is -2.30. The number of amides is 1. The van der Waals surface area contributed by atoms with E-state index in [1.807, 2.05) is 17.0 Å². The first-order valence-electron chi connectivity index (χ1n) is 12.5. The zero-order valence-corrected chi connectivity index (χ0v) is 23.0. The summed E-state index contributed by atoms with van der Waals surface area (Å²) in [4.78, 5) is 25.4. The van der Waals surface area contributed by atoms with Crippen molar-refractivity contribution in [3.05, 3.63) is 129 Å². The van der Waals surface area contributed by atoms with E-state index in [-0.39, 0.29) is 23.5 Å². The lowest BCUT2D eigenvalue weighted by Crippen LogP contribution is -2.36. The Bertz CT molecular complexity index is 1580. The highest BCUT2D eigenvalue weighted by molar-refractivity contribution is 6.35. The number of rotatable bonds is 4. The first kappa shape index (κ1) is 30.0. The molecule has 1 amide bonds. The van der Waals surface area contributed by atoms with E-state index in [0.29, 0.717) is 40.5 Å². The molecule has 0 atom stereocenters. The number of fused-ring (bicyclic) bond motifs is 1. The number of nitrogens with one attached hydrogen (secondary N) is 1. The van der Waals surface area contributed by atoms with Gasteiger partial charge in [0.15, 0.2) is 0 Å².